The Morgan fingerprint density at radius 2 is 0.678 bits per heavy atom. The van der Waals surface area contributed by atoms with Gasteiger partial charge in [0, 0.05) is 25.7 Å². The largest absolute Gasteiger partial charge is 0.472 e. The number of esters is 4. The van der Waals surface area contributed by atoms with Crippen molar-refractivity contribution in [1.82, 2.24) is 0 Å². The van der Waals surface area contributed by atoms with E-state index in [4.69, 9.17) is 37.0 Å². The van der Waals surface area contributed by atoms with Crippen molar-refractivity contribution >= 4 is 39.5 Å². The molecule has 17 nitrogen and oxygen atoms in total. The molecule has 0 aromatic rings. The summed E-state index contributed by atoms with van der Waals surface area (Å²) in [6.07, 6.45) is 44.0. The third-order valence-corrected chi connectivity index (χ3v) is 17.3. The van der Waals surface area contributed by atoms with Crippen LogP contribution in [0.3, 0.4) is 0 Å². The molecular formula is C68H128O17P2. The number of rotatable bonds is 64. The molecule has 3 N–H and O–H groups in total. The van der Waals surface area contributed by atoms with Crippen LogP contribution in [0, 0.1) is 17.8 Å². The van der Waals surface area contributed by atoms with Gasteiger partial charge in [-0.15, -0.1) is 0 Å². The highest BCUT2D eigenvalue weighted by Gasteiger charge is 2.30. The van der Waals surface area contributed by atoms with Crippen LogP contribution in [-0.2, 0) is 65.4 Å². The van der Waals surface area contributed by atoms with Crippen LogP contribution in [0.25, 0.3) is 0 Å². The molecule has 0 aromatic carbocycles. The SMILES string of the molecule is CCCCCC/C=C\C=C/CCCCCCCC(=O)O[C@H](COC(=O)CCCCCCCCC(C)C)COP(=O)(O)OC[C@H](O)COP(=O)(O)OC[C@@H](COC(=O)CCCCCCCCCCC(C)CC)OC(=O)CCCCCCCCCCC(C)C. The number of aliphatic hydroxyl groups excluding tert-OH is 1. The second-order valence-corrected chi connectivity index (χ2v) is 28.0. The van der Waals surface area contributed by atoms with Gasteiger partial charge in [-0.25, -0.2) is 9.13 Å². The second-order valence-electron chi connectivity index (χ2n) is 25.1. The van der Waals surface area contributed by atoms with Crippen molar-refractivity contribution < 1.29 is 80.2 Å². The Balaban J connectivity index is 5.28. The summed E-state index contributed by atoms with van der Waals surface area (Å²) >= 11 is 0. The maximum Gasteiger partial charge on any atom is 0.472 e. The maximum atomic E-state index is 13.0. The molecule has 3 unspecified atom stereocenters. The first-order valence-electron chi connectivity index (χ1n) is 34.7. The number of aliphatic hydroxyl groups is 1. The number of phosphoric ester groups is 2. The average Bonchev–Trinajstić information content (AvgIpc) is 3.66. The van der Waals surface area contributed by atoms with Crippen LogP contribution in [-0.4, -0.2) is 96.7 Å². The Morgan fingerprint density at radius 3 is 1.02 bits per heavy atom. The summed E-state index contributed by atoms with van der Waals surface area (Å²) in [6, 6.07) is 0. The minimum absolute atomic E-state index is 0.0833. The molecule has 6 atom stereocenters. The Kier molecular flexibility index (Phi) is 57.0. The van der Waals surface area contributed by atoms with Crippen LogP contribution in [0.5, 0.6) is 0 Å². The van der Waals surface area contributed by atoms with Gasteiger partial charge in [0.1, 0.15) is 19.3 Å². The van der Waals surface area contributed by atoms with E-state index in [1.165, 1.54) is 103 Å². The molecule has 0 aliphatic rings. The summed E-state index contributed by atoms with van der Waals surface area (Å²) in [5.74, 6) is 0.00417. The van der Waals surface area contributed by atoms with Crippen LogP contribution in [0.4, 0.5) is 0 Å². The first-order chi connectivity index (χ1) is 41.8. The van der Waals surface area contributed by atoms with Gasteiger partial charge in [0.25, 0.3) is 0 Å². The Labute approximate surface area is 529 Å². The summed E-state index contributed by atoms with van der Waals surface area (Å²) in [7, 11) is -9.91. The van der Waals surface area contributed by atoms with Crippen molar-refractivity contribution in [2.45, 2.75) is 330 Å². The summed E-state index contributed by atoms with van der Waals surface area (Å²) in [5.41, 5.74) is 0. The zero-order valence-corrected chi connectivity index (χ0v) is 57.7. The second kappa shape index (κ2) is 58.6. The zero-order valence-electron chi connectivity index (χ0n) is 56.0. The van der Waals surface area contributed by atoms with Gasteiger partial charge in [-0.3, -0.25) is 37.3 Å². The van der Waals surface area contributed by atoms with Crippen LogP contribution in [0.1, 0.15) is 312 Å². The lowest BCUT2D eigenvalue weighted by atomic mass is 9.99. The van der Waals surface area contributed by atoms with Gasteiger partial charge in [-0.05, 0) is 69.1 Å². The third kappa shape index (κ3) is 60.9. The number of hydrogen-bond acceptors (Lipinski definition) is 15. The third-order valence-electron chi connectivity index (χ3n) is 15.4. The number of ether oxygens (including phenoxy) is 4. The minimum Gasteiger partial charge on any atom is -0.462 e. The average molecular weight is 1280 g/mol. The van der Waals surface area contributed by atoms with Gasteiger partial charge in [0.2, 0.25) is 0 Å². The van der Waals surface area contributed by atoms with Crippen LogP contribution >= 0.6 is 15.6 Å². The molecule has 0 fully saturated rings. The molecule has 0 aliphatic carbocycles. The van der Waals surface area contributed by atoms with Gasteiger partial charge >= 0.3 is 39.5 Å². The van der Waals surface area contributed by atoms with Gasteiger partial charge in [-0.1, -0.05) is 259 Å². The predicted molar refractivity (Wildman–Crippen MR) is 349 cm³/mol. The molecule has 0 saturated heterocycles. The van der Waals surface area contributed by atoms with Crippen molar-refractivity contribution in [3.05, 3.63) is 24.3 Å². The van der Waals surface area contributed by atoms with E-state index < -0.39 is 97.5 Å². The molecule has 0 aromatic heterocycles. The standard InChI is InChI=1S/C68H128O17P2/c1-8-10-11-12-13-14-15-16-17-18-19-20-28-37-44-51-67(72)84-64(56-79-66(71)50-43-36-31-30-33-40-47-60(5)6)58-83-87(76,77)81-54-62(69)53-80-86(74,75)82-57-63(85-68(73)52-45-38-29-23-21-25-32-39-46-59(3)4)55-78-65(70)49-42-35-27-24-22-26-34-41-48-61(7)9-2/h14-17,59-64,69H,8-13,18-58H2,1-7H3,(H,74,75)(H,76,77)/b15-14-,17-16-/t61?,62-,63-,64-/m1/s1. The van der Waals surface area contributed by atoms with Crippen molar-refractivity contribution in [1.29, 1.82) is 0 Å². The van der Waals surface area contributed by atoms with Crippen molar-refractivity contribution in [3.63, 3.8) is 0 Å². The molecule has 87 heavy (non-hydrogen) atoms. The fourth-order valence-electron chi connectivity index (χ4n) is 9.61. The number of allylic oxidation sites excluding steroid dienone is 4. The number of phosphoric acid groups is 2. The lowest BCUT2D eigenvalue weighted by Gasteiger charge is -2.21. The molecule has 0 amide bonds. The van der Waals surface area contributed by atoms with Gasteiger partial charge < -0.3 is 33.8 Å². The lowest BCUT2D eigenvalue weighted by molar-refractivity contribution is -0.161. The van der Waals surface area contributed by atoms with E-state index in [-0.39, 0.29) is 25.7 Å². The number of carbonyl (C=O) groups is 4. The number of hydrogen-bond donors (Lipinski definition) is 3. The smallest absolute Gasteiger partial charge is 0.462 e. The molecule has 512 valence electrons. The fourth-order valence-corrected chi connectivity index (χ4v) is 11.2. The van der Waals surface area contributed by atoms with Gasteiger partial charge in [0.05, 0.1) is 26.4 Å². The molecule has 19 heteroatoms. The van der Waals surface area contributed by atoms with E-state index in [0.717, 1.165) is 115 Å². The first-order valence-corrected chi connectivity index (χ1v) is 37.7. The molecule has 0 rings (SSSR count). The Hall–Kier alpha value is -2.46. The summed E-state index contributed by atoms with van der Waals surface area (Å²) in [6.45, 7) is 11.6. The molecule has 0 heterocycles. The number of unbranched alkanes of at least 4 members (excludes halogenated alkanes) is 28. The maximum absolute atomic E-state index is 13.0. The van der Waals surface area contributed by atoms with Crippen LogP contribution < -0.4 is 0 Å². The highest BCUT2D eigenvalue weighted by molar-refractivity contribution is 7.47. The molecule has 0 aliphatic heterocycles. The predicted octanol–water partition coefficient (Wildman–Crippen LogP) is 18.6. The number of carbonyl (C=O) groups excluding carboxylic acids is 4. The topological polar surface area (TPSA) is 237 Å². The minimum atomic E-state index is -4.96. The van der Waals surface area contributed by atoms with Crippen molar-refractivity contribution in [3.8, 4) is 0 Å². The normalized spacial score (nSPS) is 14.8. The lowest BCUT2D eigenvalue weighted by Crippen LogP contribution is -2.30. The van der Waals surface area contributed by atoms with E-state index in [1.807, 2.05) is 0 Å². The quantitative estimate of drug-likeness (QED) is 0.0169. The summed E-state index contributed by atoms with van der Waals surface area (Å²) in [4.78, 5) is 72.4. The van der Waals surface area contributed by atoms with Gasteiger partial charge in [0.15, 0.2) is 12.2 Å². The van der Waals surface area contributed by atoms with Crippen molar-refractivity contribution in [2.75, 3.05) is 39.6 Å². The zero-order chi connectivity index (χ0) is 64.5. The molecule has 0 radical (unpaired) electrons. The van der Waals surface area contributed by atoms with Crippen molar-refractivity contribution in [2.24, 2.45) is 17.8 Å². The summed E-state index contributed by atoms with van der Waals surface area (Å²) < 4.78 is 68.1. The van der Waals surface area contributed by atoms with Gasteiger partial charge in [-0.2, -0.15) is 0 Å². The first kappa shape index (κ1) is 84.5. The highest BCUT2D eigenvalue weighted by atomic mass is 31.2. The Bertz CT molecular complexity index is 1810. The summed E-state index contributed by atoms with van der Waals surface area (Å²) in [5, 5.41) is 10.6. The molecule has 0 spiro atoms. The Morgan fingerprint density at radius 1 is 0.379 bits per heavy atom. The fraction of sp³-hybridized carbons (Fsp3) is 0.882. The van der Waals surface area contributed by atoms with Crippen LogP contribution in [0.2, 0.25) is 0 Å². The monoisotopic (exact) mass is 1280 g/mol. The van der Waals surface area contributed by atoms with E-state index in [1.54, 1.807) is 0 Å². The highest BCUT2D eigenvalue weighted by Crippen LogP contribution is 2.45. The molecular weight excluding hydrogens is 1150 g/mol. The van der Waals surface area contributed by atoms with E-state index in [2.05, 4.69) is 72.8 Å². The molecule has 0 bridgehead atoms. The van der Waals surface area contributed by atoms with E-state index >= 15 is 0 Å². The van der Waals surface area contributed by atoms with E-state index in [9.17, 15) is 43.2 Å². The van der Waals surface area contributed by atoms with E-state index in [0.29, 0.717) is 37.5 Å². The van der Waals surface area contributed by atoms with Crippen LogP contribution in [0.15, 0.2) is 24.3 Å². The molecule has 0 saturated carbocycles.